The molecular weight excluding hydrogens is 518 g/mol. The highest BCUT2D eigenvalue weighted by molar-refractivity contribution is 5.81. The van der Waals surface area contributed by atoms with Crippen molar-refractivity contribution in [2.45, 2.75) is 129 Å². The van der Waals surface area contributed by atoms with Crippen molar-refractivity contribution in [1.29, 1.82) is 5.26 Å². The number of carbonyl (C=O) groups excluding carboxylic acids is 1. The van der Waals surface area contributed by atoms with Crippen molar-refractivity contribution >= 4 is 5.97 Å². The average Bonchev–Trinajstić information content (AvgIpc) is 3.03. The lowest BCUT2D eigenvalue weighted by atomic mass is 9.66. The van der Waals surface area contributed by atoms with Crippen LogP contribution in [0.2, 0.25) is 0 Å². The van der Waals surface area contributed by atoms with Crippen molar-refractivity contribution in [1.82, 2.24) is 0 Å². The summed E-state index contributed by atoms with van der Waals surface area (Å²) in [6.45, 7) is 8.30. The Kier molecular flexibility index (Phi) is 14.7. The lowest BCUT2D eigenvalue weighted by molar-refractivity contribution is -0.137. The van der Waals surface area contributed by atoms with Gasteiger partial charge in [0.2, 0.25) is 0 Å². The van der Waals surface area contributed by atoms with Crippen LogP contribution in [0.4, 0.5) is 0 Å². The molecule has 0 heterocycles. The summed E-state index contributed by atoms with van der Waals surface area (Å²) in [5.41, 5.74) is 3.64. The molecule has 1 aliphatic rings. The van der Waals surface area contributed by atoms with Gasteiger partial charge < -0.3 is 9.47 Å². The van der Waals surface area contributed by atoms with Crippen molar-refractivity contribution in [2.24, 2.45) is 5.41 Å². The molecule has 228 valence electrons. The first-order chi connectivity index (χ1) is 20.5. The molecule has 0 N–H and O–H groups in total. The highest BCUT2D eigenvalue weighted by Gasteiger charge is 2.36. The molecule has 1 aliphatic carbocycles. The first-order valence-electron chi connectivity index (χ1n) is 16.6. The predicted molar refractivity (Wildman–Crippen MR) is 173 cm³/mol. The van der Waals surface area contributed by atoms with E-state index in [1.807, 2.05) is 0 Å². The molecule has 0 bridgehead atoms. The van der Waals surface area contributed by atoms with Crippen LogP contribution in [-0.2, 0) is 9.53 Å². The third-order valence-corrected chi connectivity index (χ3v) is 8.98. The van der Waals surface area contributed by atoms with Crippen LogP contribution in [0.1, 0.15) is 128 Å². The summed E-state index contributed by atoms with van der Waals surface area (Å²) < 4.78 is 11.2. The van der Waals surface area contributed by atoms with Crippen LogP contribution in [0, 0.1) is 16.7 Å². The van der Waals surface area contributed by atoms with E-state index >= 15 is 0 Å². The zero-order chi connectivity index (χ0) is 30.0. The molecule has 42 heavy (non-hydrogen) atoms. The molecule has 2 aromatic rings. The fourth-order valence-corrected chi connectivity index (χ4v) is 6.42. The van der Waals surface area contributed by atoms with Gasteiger partial charge in [-0.2, -0.15) is 5.26 Å². The molecule has 3 rings (SSSR count). The number of hydrogen-bond acceptors (Lipinski definition) is 4. The molecule has 2 aromatic carbocycles. The Labute approximate surface area is 255 Å². The van der Waals surface area contributed by atoms with Crippen molar-refractivity contribution in [3.63, 3.8) is 0 Å². The van der Waals surface area contributed by atoms with Gasteiger partial charge >= 0.3 is 5.97 Å². The van der Waals surface area contributed by atoms with Gasteiger partial charge in [0.25, 0.3) is 0 Å². The number of rotatable bonds is 19. The normalized spacial score (nSPS) is 19.0. The molecule has 1 saturated carbocycles. The lowest BCUT2D eigenvalue weighted by Gasteiger charge is -2.36. The number of esters is 1. The fourth-order valence-electron chi connectivity index (χ4n) is 6.42. The average molecular weight is 572 g/mol. The Hall–Kier alpha value is -3.06. The van der Waals surface area contributed by atoms with Gasteiger partial charge in [0.05, 0.1) is 24.2 Å². The Morgan fingerprint density at radius 1 is 0.976 bits per heavy atom. The zero-order valence-corrected chi connectivity index (χ0v) is 26.3. The number of unbranched alkanes of at least 4 members (excludes halogenated alkanes) is 7. The molecular formula is C38H53NO3. The summed E-state index contributed by atoms with van der Waals surface area (Å²) in [6.07, 6.45) is 19.4. The summed E-state index contributed by atoms with van der Waals surface area (Å²) in [6, 6.07) is 20.3. The van der Waals surface area contributed by atoms with Crippen molar-refractivity contribution in [3.05, 3.63) is 66.7 Å². The molecule has 0 spiro atoms. The molecule has 0 aliphatic heterocycles. The van der Waals surface area contributed by atoms with E-state index in [-0.39, 0.29) is 11.4 Å². The van der Waals surface area contributed by atoms with E-state index in [1.165, 1.54) is 61.3 Å². The Bertz CT molecular complexity index is 1100. The topological polar surface area (TPSA) is 59.3 Å². The van der Waals surface area contributed by atoms with E-state index in [4.69, 9.17) is 9.47 Å². The number of carbonyl (C=O) groups is 1. The van der Waals surface area contributed by atoms with Gasteiger partial charge in [0.1, 0.15) is 5.75 Å². The maximum absolute atomic E-state index is 11.0. The summed E-state index contributed by atoms with van der Waals surface area (Å²) >= 11 is 0. The predicted octanol–water partition coefficient (Wildman–Crippen LogP) is 10.7. The third-order valence-electron chi connectivity index (χ3n) is 8.98. The number of ether oxygens (including phenoxy) is 2. The molecule has 0 aromatic heterocycles. The van der Waals surface area contributed by atoms with E-state index < -0.39 is 0 Å². The number of benzene rings is 2. The van der Waals surface area contributed by atoms with Crippen LogP contribution in [0.3, 0.4) is 0 Å². The van der Waals surface area contributed by atoms with Crippen LogP contribution < -0.4 is 4.74 Å². The van der Waals surface area contributed by atoms with Gasteiger partial charge in [-0.3, -0.25) is 0 Å². The van der Waals surface area contributed by atoms with Crippen LogP contribution in [0.15, 0.2) is 61.2 Å². The second-order valence-electron chi connectivity index (χ2n) is 12.2. The highest BCUT2D eigenvalue weighted by atomic mass is 16.5. The maximum atomic E-state index is 11.0. The van der Waals surface area contributed by atoms with Crippen molar-refractivity contribution in [2.75, 3.05) is 6.61 Å². The Balaban J connectivity index is 1.41. The van der Waals surface area contributed by atoms with Gasteiger partial charge in [-0.25, -0.2) is 4.79 Å². The standard InChI is InChI=1S/C38H53NO3/c1-4-16-35(5-2)42-36-24-22-32(23-25-36)31-18-20-33(21-19-31)34-17-15-27-38(29-34,30-39)26-13-11-9-7-8-10-12-14-28-41-37(40)6-3/h6,18-25,34-35H,3-5,7-17,26-29H2,1-2H3. The lowest BCUT2D eigenvalue weighted by Crippen LogP contribution is -2.26. The number of nitriles is 1. The SMILES string of the molecule is C=CC(=O)OCCCCCCCCCCC1(C#N)CCCC(c2ccc(-c3ccc(OC(CC)CCC)cc3)cc2)C1. The highest BCUT2D eigenvalue weighted by Crippen LogP contribution is 2.47. The molecule has 4 nitrogen and oxygen atoms in total. The smallest absolute Gasteiger partial charge is 0.330 e. The van der Waals surface area contributed by atoms with Crippen LogP contribution in [0.25, 0.3) is 11.1 Å². The summed E-state index contributed by atoms with van der Waals surface area (Å²) in [4.78, 5) is 11.0. The maximum Gasteiger partial charge on any atom is 0.330 e. The van der Waals surface area contributed by atoms with E-state index in [1.54, 1.807) is 0 Å². The molecule has 0 amide bonds. The molecule has 0 radical (unpaired) electrons. The molecule has 1 fully saturated rings. The van der Waals surface area contributed by atoms with E-state index in [0.717, 1.165) is 70.0 Å². The number of nitrogens with zero attached hydrogens (tertiary/aromatic N) is 1. The first-order valence-corrected chi connectivity index (χ1v) is 16.6. The Morgan fingerprint density at radius 3 is 2.19 bits per heavy atom. The zero-order valence-electron chi connectivity index (χ0n) is 26.3. The summed E-state index contributed by atoms with van der Waals surface area (Å²) in [7, 11) is 0. The minimum atomic E-state index is -0.331. The second-order valence-corrected chi connectivity index (χ2v) is 12.2. The minimum absolute atomic E-state index is 0.172. The quantitative estimate of drug-likeness (QED) is 0.0956. The van der Waals surface area contributed by atoms with E-state index in [9.17, 15) is 10.1 Å². The van der Waals surface area contributed by atoms with Crippen molar-refractivity contribution in [3.8, 4) is 22.9 Å². The van der Waals surface area contributed by atoms with Crippen LogP contribution in [0.5, 0.6) is 5.75 Å². The van der Waals surface area contributed by atoms with Gasteiger partial charge in [0, 0.05) is 6.08 Å². The van der Waals surface area contributed by atoms with Gasteiger partial charge in [-0.15, -0.1) is 0 Å². The van der Waals surface area contributed by atoms with Gasteiger partial charge in [-0.05, 0) is 79.7 Å². The summed E-state index contributed by atoms with van der Waals surface area (Å²) in [5, 5.41) is 10.2. The van der Waals surface area contributed by atoms with Crippen molar-refractivity contribution < 1.29 is 14.3 Å². The minimum Gasteiger partial charge on any atom is -0.490 e. The third kappa shape index (κ3) is 11.0. The van der Waals surface area contributed by atoms with E-state index in [2.05, 4.69) is 75.0 Å². The fraction of sp³-hybridized carbons (Fsp3) is 0.579. The monoisotopic (exact) mass is 571 g/mol. The molecule has 4 heteroatoms. The largest absolute Gasteiger partial charge is 0.490 e. The summed E-state index contributed by atoms with van der Waals surface area (Å²) in [5.74, 6) is 1.09. The Morgan fingerprint density at radius 2 is 1.60 bits per heavy atom. The molecule has 3 atom stereocenters. The van der Waals surface area contributed by atoms with Crippen LogP contribution >= 0.6 is 0 Å². The second kappa shape index (κ2) is 18.5. The van der Waals surface area contributed by atoms with Crippen LogP contribution in [-0.4, -0.2) is 18.7 Å². The number of hydrogen-bond donors (Lipinski definition) is 0. The van der Waals surface area contributed by atoms with E-state index in [0.29, 0.717) is 18.6 Å². The first kappa shape index (κ1) is 33.4. The molecule has 0 saturated heterocycles. The van der Waals surface area contributed by atoms with Gasteiger partial charge in [0.15, 0.2) is 0 Å². The molecule has 3 unspecified atom stereocenters. The van der Waals surface area contributed by atoms with Gasteiger partial charge in [-0.1, -0.05) is 115 Å².